The number of amides is 1. The highest BCUT2D eigenvalue weighted by atomic mass is 19.4. The highest BCUT2D eigenvalue weighted by molar-refractivity contribution is 5.98. The molecule has 0 radical (unpaired) electrons. The maximum absolute atomic E-state index is 12.7. The Bertz CT molecular complexity index is 1130. The van der Waals surface area contributed by atoms with Crippen molar-refractivity contribution in [2.45, 2.75) is 12.7 Å². The number of carbonyl (C=O) groups is 2. The molecule has 0 saturated heterocycles. The van der Waals surface area contributed by atoms with E-state index in [1.807, 2.05) is 0 Å². The van der Waals surface area contributed by atoms with Crippen molar-refractivity contribution in [3.63, 3.8) is 0 Å². The van der Waals surface area contributed by atoms with Gasteiger partial charge in [-0.25, -0.2) is 10.2 Å². The summed E-state index contributed by atoms with van der Waals surface area (Å²) < 4.78 is 43.2. The number of hydrogen-bond acceptors (Lipinski definition) is 4. The molecule has 166 valence electrons. The summed E-state index contributed by atoms with van der Waals surface area (Å²) in [6, 6.07) is 15.7. The summed E-state index contributed by atoms with van der Waals surface area (Å²) in [7, 11) is 1.41. The molecule has 3 aromatic rings. The fraction of sp³-hybridized carbons (Fsp3) is 0.130. The molecule has 3 aromatic carbocycles. The predicted octanol–water partition coefficient (Wildman–Crippen LogP) is 4.51. The second-order valence-electron chi connectivity index (χ2n) is 6.80. The molecule has 0 saturated carbocycles. The van der Waals surface area contributed by atoms with Crippen molar-refractivity contribution in [3.8, 4) is 16.9 Å². The van der Waals surface area contributed by atoms with Gasteiger partial charge in [-0.3, -0.25) is 10.2 Å². The minimum absolute atomic E-state index is 0.104. The third-order valence-corrected chi connectivity index (χ3v) is 4.66. The van der Waals surface area contributed by atoms with Crippen LogP contribution in [0.3, 0.4) is 0 Å². The quantitative estimate of drug-likeness (QED) is 0.467. The number of aromatic carboxylic acids is 1. The molecule has 1 amide bonds. The fourth-order valence-electron chi connectivity index (χ4n) is 3.00. The number of methoxy groups -OCH3 is 1. The average molecular weight is 444 g/mol. The lowest BCUT2D eigenvalue weighted by Crippen LogP contribution is -2.37. The molecular formula is C23H19F3N2O4. The van der Waals surface area contributed by atoms with Gasteiger partial charge < -0.3 is 9.84 Å². The molecule has 0 heterocycles. The van der Waals surface area contributed by atoms with E-state index in [2.05, 4.69) is 10.9 Å². The minimum atomic E-state index is -4.41. The van der Waals surface area contributed by atoms with Gasteiger partial charge in [0.05, 0.1) is 23.8 Å². The summed E-state index contributed by atoms with van der Waals surface area (Å²) in [5.41, 5.74) is 6.50. The Balaban J connectivity index is 1.72. The third-order valence-electron chi connectivity index (χ3n) is 4.66. The third kappa shape index (κ3) is 5.44. The molecule has 0 bridgehead atoms. The highest BCUT2D eigenvalue weighted by Crippen LogP contribution is 2.29. The van der Waals surface area contributed by atoms with Gasteiger partial charge in [0.2, 0.25) is 0 Å². The van der Waals surface area contributed by atoms with Crippen molar-refractivity contribution in [1.82, 2.24) is 10.9 Å². The van der Waals surface area contributed by atoms with Crippen LogP contribution in [-0.4, -0.2) is 24.1 Å². The molecule has 3 N–H and O–H groups in total. The van der Waals surface area contributed by atoms with Gasteiger partial charge in [0.1, 0.15) is 5.75 Å². The molecule has 0 fully saturated rings. The number of hydrazine groups is 1. The molecule has 0 unspecified atom stereocenters. The van der Waals surface area contributed by atoms with E-state index < -0.39 is 23.6 Å². The zero-order valence-electron chi connectivity index (χ0n) is 16.9. The number of alkyl halides is 3. The van der Waals surface area contributed by atoms with Crippen molar-refractivity contribution >= 4 is 11.9 Å². The summed E-state index contributed by atoms with van der Waals surface area (Å²) >= 11 is 0. The first-order valence-electron chi connectivity index (χ1n) is 9.40. The van der Waals surface area contributed by atoms with Gasteiger partial charge in [-0.1, -0.05) is 30.3 Å². The normalized spacial score (nSPS) is 11.1. The van der Waals surface area contributed by atoms with E-state index in [1.54, 1.807) is 30.3 Å². The first-order chi connectivity index (χ1) is 15.2. The van der Waals surface area contributed by atoms with Crippen LogP contribution in [0.4, 0.5) is 13.2 Å². The summed E-state index contributed by atoms with van der Waals surface area (Å²) in [4.78, 5) is 23.9. The highest BCUT2D eigenvalue weighted by Gasteiger charge is 2.29. The van der Waals surface area contributed by atoms with E-state index in [-0.39, 0.29) is 17.7 Å². The maximum atomic E-state index is 12.7. The van der Waals surface area contributed by atoms with Crippen LogP contribution < -0.4 is 15.6 Å². The van der Waals surface area contributed by atoms with Crippen LogP contribution in [0.15, 0.2) is 66.7 Å². The van der Waals surface area contributed by atoms with Gasteiger partial charge >= 0.3 is 12.1 Å². The summed E-state index contributed by atoms with van der Waals surface area (Å²) in [5.74, 6) is -1.28. The number of halogens is 3. The van der Waals surface area contributed by atoms with E-state index >= 15 is 0 Å². The first kappa shape index (κ1) is 22.8. The van der Waals surface area contributed by atoms with Crippen molar-refractivity contribution in [3.05, 3.63) is 89.0 Å². The summed E-state index contributed by atoms with van der Waals surface area (Å²) in [5, 5.41) is 9.18. The molecule has 0 atom stereocenters. The number of ether oxygens (including phenoxy) is 1. The number of hydrogen-bond donors (Lipinski definition) is 3. The van der Waals surface area contributed by atoms with Crippen LogP contribution in [0.5, 0.6) is 5.75 Å². The lowest BCUT2D eigenvalue weighted by Gasteiger charge is -2.13. The van der Waals surface area contributed by atoms with Crippen LogP contribution in [-0.2, 0) is 12.7 Å². The van der Waals surface area contributed by atoms with E-state index in [0.717, 1.165) is 12.1 Å². The van der Waals surface area contributed by atoms with Gasteiger partial charge in [0.25, 0.3) is 5.91 Å². The number of benzene rings is 3. The lowest BCUT2D eigenvalue weighted by molar-refractivity contribution is -0.137. The molecule has 0 aromatic heterocycles. The second kappa shape index (κ2) is 9.52. The molecule has 0 spiro atoms. The van der Waals surface area contributed by atoms with Gasteiger partial charge in [0, 0.05) is 6.54 Å². The smallest absolute Gasteiger partial charge is 0.416 e. The average Bonchev–Trinajstić information content (AvgIpc) is 2.78. The Morgan fingerprint density at radius 2 is 1.66 bits per heavy atom. The topological polar surface area (TPSA) is 87.7 Å². The molecular weight excluding hydrogens is 425 g/mol. The minimum Gasteiger partial charge on any atom is -0.496 e. The molecule has 0 aliphatic carbocycles. The predicted molar refractivity (Wildman–Crippen MR) is 111 cm³/mol. The molecule has 32 heavy (non-hydrogen) atoms. The zero-order valence-corrected chi connectivity index (χ0v) is 16.9. The number of carboxylic acid groups (broad SMARTS) is 1. The number of carbonyl (C=O) groups excluding carboxylic acids is 1. The Morgan fingerprint density at radius 1 is 0.969 bits per heavy atom. The fourth-order valence-corrected chi connectivity index (χ4v) is 3.00. The van der Waals surface area contributed by atoms with Crippen LogP contribution in [0, 0.1) is 0 Å². The van der Waals surface area contributed by atoms with Crippen molar-refractivity contribution in [2.75, 3.05) is 7.11 Å². The zero-order chi connectivity index (χ0) is 23.3. The van der Waals surface area contributed by atoms with Gasteiger partial charge in [-0.2, -0.15) is 13.2 Å². The van der Waals surface area contributed by atoms with Crippen LogP contribution >= 0.6 is 0 Å². The van der Waals surface area contributed by atoms with Gasteiger partial charge in [-0.15, -0.1) is 0 Å². The monoisotopic (exact) mass is 444 g/mol. The Morgan fingerprint density at radius 3 is 2.28 bits per heavy atom. The first-order valence-corrected chi connectivity index (χ1v) is 9.40. The standard InChI is InChI=1S/C23H19F3N2O4/c1-32-20-10-7-16(15-3-2-4-17(11-15)22(30)31)12-19(20)21(29)28-27-13-14-5-8-18(9-6-14)23(24,25)26/h2-12,27H,13H2,1H3,(H,28,29)(H,30,31). The van der Waals surface area contributed by atoms with E-state index in [1.165, 1.54) is 31.4 Å². The Kier molecular flexibility index (Phi) is 6.79. The molecule has 6 nitrogen and oxygen atoms in total. The Labute approximate surface area is 181 Å². The largest absolute Gasteiger partial charge is 0.496 e. The van der Waals surface area contributed by atoms with Gasteiger partial charge in [0.15, 0.2) is 0 Å². The second-order valence-corrected chi connectivity index (χ2v) is 6.80. The van der Waals surface area contributed by atoms with E-state index in [0.29, 0.717) is 22.4 Å². The SMILES string of the molecule is COc1ccc(-c2cccc(C(=O)O)c2)cc1C(=O)NNCc1ccc(C(F)(F)F)cc1. The van der Waals surface area contributed by atoms with E-state index in [4.69, 9.17) is 4.74 Å². The molecule has 0 aliphatic rings. The molecule has 3 rings (SSSR count). The Hall–Kier alpha value is -3.85. The van der Waals surface area contributed by atoms with Crippen LogP contribution in [0.2, 0.25) is 0 Å². The van der Waals surface area contributed by atoms with Crippen LogP contribution in [0.1, 0.15) is 31.8 Å². The number of nitrogens with one attached hydrogen (secondary N) is 2. The van der Waals surface area contributed by atoms with Crippen molar-refractivity contribution in [2.24, 2.45) is 0 Å². The van der Waals surface area contributed by atoms with Crippen molar-refractivity contribution in [1.29, 1.82) is 0 Å². The lowest BCUT2D eigenvalue weighted by atomic mass is 10.00. The van der Waals surface area contributed by atoms with Gasteiger partial charge in [-0.05, 0) is 53.1 Å². The molecule has 9 heteroatoms. The van der Waals surface area contributed by atoms with E-state index in [9.17, 15) is 27.9 Å². The summed E-state index contributed by atoms with van der Waals surface area (Å²) in [6.07, 6.45) is -4.41. The summed E-state index contributed by atoms with van der Waals surface area (Å²) in [6.45, 7) is 0.104. The van der Waals surface area contributed by atoms with Crippen molar-refractivity contribution < 1.29 is 32.6 Å². The maximum Gasteiger partial charge on any atom is 0.416 e. The number of rotatable bonds is 7. The molecule has 0 aliphatic heterocycles. The number of carboxylic acids is 1. The van der Waals surface area contributed by atoms with Crippen LogP contribution in [0.25, 0.3) is 11.1 Å².